The number of aliphatic hydroxyl groups is 1. The summed E-state index contributed by atoms with van der Waals surface area (Å²) in [5, 5.41) is 19.9. The van der Waals surface area contributed by atoms with Gasteiger partial charge in [0, 0.05) is 25.0 Å². The van der Waals surface area contributed by atoms with E-state index < -0.39 is 17.5 Å². The van der Waals surface area contributed by atoms with E-state index in [1.807, 2.05) is 26.0 Å². The maximum absolute atomic E-state index is 11.6. The van der Waals surface area contributed by atoms with Gasteiger partial charge in [-0.05, 0) is 37.9 Å². The number of carbonyl (C=O) groups is 1. The van der Waals surface area contributed by atoms with Crippen molar-refractivity contribution in [2.24, 2.45) is 5.41 Å². The van der Waals surface area contributed by atoms with Crippen LogP contribution in [-0.2, 0) is 11.3 Å². The van der Waals surface area contributed by atoms with E-state index in [0.29, 0.717) is 32.5 Å². The van der Waals surface area contributed by atoms with Gasteiger partial charge >= 0.3 is 5.97 Å². The number of carboxylic acid groups (broad SMARTS) is 1. The molecule has 1 aliphatic rings. The molecule has 2 heterocycles. The van der Waals surface area contributed by atoms with Gasteiger partial charge in [0.25, 0.3) is 0 Å². The number of aliphatic hydroxyl groups excluding tert-OH is 1. The SMILES string of the molecule is CCC[C@]1(C(=O)O)CCN(Cc2cccnc2C)C[C@@H]1O. The first kappa shape index (κ1) is 15.9. The fraction of sp³-hybridized carbons (Fsp3) is 0.625. The Morgan fingerprint density at radius 3 is 2.90 bits per heavy atom. The monoisotopic (exact) mass is 292 g/mol. The summed E-state index contributed by atoms with van der Waals surface area (Å²) in [6, 6.07) is 3.93. The number of hydrogen-bond donors (Lipinski definition) is 2. The Balaban J connectivity index is 2.06. The summed E-state index contributed by atoms with van der Waals surface area (Å²) < 4.78 is 0. The largest absolute Gasteiger partial charge is 0.481 e. The molecule has 2 atom stereocenters. The number of rotatable bonds is 5. The number of aromatic nitrogens is 1. The van der Waals surface area contributed by atoms with E-state index in [9.17, 15) is 15.0 Å². The highest BCUT2D eigenvalue weighted by molar-refractivity contribution is 5.75. The van der Waals surface area contributed by atoms with E-state index in [4.69, 9.17) is 0 Å². The number of aryl methyl sites for hydroxylation is 1. The van der Waals surface area contributed by atoms with Gasteiger partial charge in [0.1, 0.15) is 0 Å². The van der Waals surface area contributed by atoms with Gasteiger partial charge in [0.05, 0.1) is 11.5 Å². The normalized spacial score (nSPS) is 26.7. The first-order valence-electron chi connectivity index (χ1n) is 7.54. The van der Waals surface area contributed by atoms with Gasteiger partial charge in [0.2, 0.25) is 0 Å². The molecule has 0 spiro atoms. The van der Waals surface area contributed by atoms with Crippen molar-refractivity contribution in [3.05, 3.63) is 29.6 Å². The highest BCUT2D eigenvalue weighted by Gasteiger charge is 2.47. The summed E-state index contributed by atoms with van der Waals surface area (Å²) in [7, 11) is 0. The standard InChI is InChI=1S/C16H24N2O3/c1-3-6-16(15(20)21)7-9-18(11-14(16)19)10-13-5-4-8-17-12(13)2/h4-5,8,14,19H,3,6-7,9-11H2,1-2H3,(H,20,21)/t14-,16-/m0/s1. The van der Waals surface area contributed by atoms with Crippen LogP contribution in [0.5, 0.6) is 0 Å². The molecule has 0 aromatic carbocycles. The van der Waals surface area contributed by atoms with E-state index in [0.717, 1.165) is 17.7 Å². The smallest absolute Gasteiger partial charge is 0.312 e. The minimum atomic E-state index is -0.977. The Labute approximate surface area is 125 Å². The predicted octanol–water partition coefficient (Wildman–Crippen LogP) is 1.83. The zero-order valence-electron chi connectivity index (χ0n) is 12.7. The van der Waals surface area contributed by atoms with Crippen molar-refractivity contribution in [2.45, 2.75) is 45.8 Å². The van der Waals surface area contributed by atoms with Gasteiger partial charge in [-0.15, -0.1) is 0 Å². The zero-order chi connectivity index (χ0) is 15.5. The van der Waals surface area contributed by atoms with Gasteiger partial charge in [-0.25, -0.2) is 0 Å². The van der Waals surface area contributed by atoms with E-state index in [-0.39, 0.29) is 0 Å². The Kier molecular flexibility index (Phi) is 4.96. The Morgan fingerprint density at radius 2 is 2.33 bits per heavy atom. The number of β-amino-alcohol motifs (C(OH)–C–C–N with tert-alkyl or cyclic N) is 1. The highest BCUT2D eigenvalue weighted by atomic mass is 16.4. The highest BCUT2D eigenvalue weighted by Crippen LogP contribution is 2.37. The fourth-order valence-electron chi connectivity index (χ4n) is 3.20. The van der Waals surface area contributed by atoms with Crippen LogP contribution in [0.1, 0.15) is 37.4 Å². The molecule has 0 aliphatic carbocycles. The van der Waals surface area contributed by atoms with Crippen molar-refractivity contribution in [1.29, 1.82) is 0 Å². The second-order valence-electron chi connectivity index (χ2n) is 5.96. The fourth-order valence-corrected chi connectivity index (χ4v) is 3.20. The lowest BCUT2D eigenvalue weighted by Gasteiger charge is -2.42. The molecule has 1 aromatic heterocycles. The topological polar surface area (TPSA) is 73.7 Å². The van der Waals surface area contributed by atoms with Crippen LogP contribution in [0.25, 0.3) is 0 Å². The minimum Gasteiger partial charge on any atom is -0.481 e. The van der Waals surface area contributed by atoms with Crippen LogP contribution in [0.15, 0.2) is 18.3 Å². The van der Waals surface area contributed by atoms with Crippen LogP contribution >= 0.6 is 0 Å². The van der Waals surface area contributed by atoms with Crippen LogP contribution in [0.2, 0.25) is 0 Å². The average molecular weight is 292 g/mol. The third kappa shape index (κ3) is 3.24. The molecular weight excluding hydrogens is 268 g/mol. The second-order valence-corrected chi connectivity index (χ2v) is 5.96. The number of likely N-dealkylation sites (tertiary alicyclic amines) is 1. The molecule has 0 saturated carbocycles. The summed E-state index contributed by atoms with van der Waals surface area (Å²) in [6.07, 6.45) is 2.74. The number of piperidine rings is 1. The second kappa shape index (κ2) is 6.54. The molecule has 1 saturated heterocycles. The summed E-state index contributed by atoms with van der Waals surface area (Å²) >= 11 is 0. The molecule has 116 valence electrons. The third-order valence-electron chi connectivity index (χ3n) is 4.58. The molecule has 0 unspecified atom stereocenters. The summed E-state index contributed by atoms with van der Waals surface area (Å²) in [4.78, 5) is 18.0. The maximum atomic E-state index is 11.6. The summed E-state index contributed by atoms with van der Waals surface area (Å²) in [5.41, 5.74) is 1.13. The number of carboxylic acids is 1. The number of hydrogen-bond acceptors (Lipinski definition) is 4. The molecule has 2 rings (SSSR count). The van der Waals surface area contributed by atoms with Crippen molar-refractivity contribution in [3.8, 4) is 0 Å². The van der Waals surface area contributed by atoms with E-state index in [1.54, 1.807) is 6.20 Å². The van der Waals surface area contributed by atoms with Crippen LogP contribution in [-0.4, -0.2) is 45.3 Å². The molecular formula is C16H24N2O3. The van der Waals surface area contributed by atoms with Gasteiger partial charge < -0.3 is 10.2 Å². The number of pyridine rings is 1. The molecule has 1 aromatic rings. The molecule has 1 fully saturated rings. The first-order valence-corrected chi connectivity index (χ1v) is 7.54. The van der Waals surface area contributed by atoms with Crippen molar-refractivity contribution in [2.75, 3.05) is 13.1 Å². The molecule has 5 heteroatoms. The summed E-state index contributed by atoms with van der Waals surface area (Å²) in [6.45, 7) is 5.73. The minimum absolute atomic E-state index is 0.403. The first-order chi connectivity index (χ1) is 9.99. The Hall–Kier alpha value is -1.46. The summed E-state index contributed by atoms with van der Waals surface area (Å²) in [5.74, 6) is -0.867. The molecule has 2 N–H and O–H groups in total. The van der Waals surface area contributed by atoms with Crippen molar-refractivity contribution >= 4 is 5.97 Å². The van der Waals surface area contributed by atoms with Crippen molar-refractivity contribution < 1.29 is 15.0 Å². The molecule has 0 bridgehead atoms. The lowest BCUT2D eigenvalue weighted by molar-refractivity contribution is -0.164. The Morgan fingerprint density at radius 1 is 1.57 bits per heavy atom. The molecule has 1 aliphatic heterocycles. The quantitative estimate of drug-likeness (QED) is 0.866. The number of aliphatic carboxylic acids is 1. The van der Waals surface area contributed by atoms with Crippen molar-refractivity contribution in [1.82, 2.24) is 9.88 Å². The van der Waals surface area contributed by atoms with Crippen LogP contribution in [0.3, 0.4) is 0 Å². The molecule has 0 amide bonds. The third-order valence-corrected chi connectivity index (χ3v) is 4.58. The van der Waals surface area contributed by atoms with Crippen LogP contribution in [0, 0.1) is 12.3 Å². The molecule has 0 radical (unpaired) electrons. The number of nitrogens with zero attached hydrogens (tertiary/aromatic N) is 2. The van der Waals surface area contributed by atoms with E-state index in [2.05, 4.69) is 9.88 Å². The lowest BCUT2D eigenvalue weighted by Crippen LogP contribution is -2.54. The van der Waals surface area contributed by atoms with E-state index in [1.165, 1.54) is 0 Å². The molecule has 5 nitrogen and oxygen atoms in total. The maximum Gasteiger partial charge on any atom is 0.312 e. The average Bonchev–Trinajstić information content (AvgIpc) is 2.44. The van der Waals surface area contributed by atoms with Gasteiger partial charge in [0.15, 0.2) is 0 Å². The zero-order valence-corrected chi connectivity index (χ0v) is 12.7. The predicted molar refractivity (Wildman–Crippen MR) is 79.9 cm³/mol. The Bertz CT molecular complexity index is 506. The van der Waals surface area contributed by atoms with Gasteiger partial charge in [-0.2, -0.15) is 0 Å². The molecule has 21 heavy (non-hydrogen) atoms. The lowest BCUT2D eigenvalue weighted by atomic mass is 9.72. The van der Waals surface area contributed by atoms with Crippen LogP contribution in [0.4, 0.5) is 0 Å². The van der Waals surface area contributed by atoms with E-state index >= 15 is 0 Å². The van der Waals surface area contributed by atoms with Crippen LogP contribution < -0.4 is 0 Å². The van der Waals surface area contributed by atoms with Gasteiger partial charge in [-0.3, -0.25) is 14.7 Å². The van der Waals surface area contributed by atoms with Crippen molar-refractivity contribution in [3.63, 3.8) is 0 Å². The van der Waals surface area contributed by atoms with Gasteiger partial charge in [-0.1, -0.05) is 19.4 Å².